The molecule has 1 heterocycles. The standard InChI is InChI=1S/C16H25N3O/c1-18-10-11-19(13-15(12-18)16(17)20)9-5-8-14-6-3-2-4-7-14/h2-4,6-7,15H,5,8-13H2,1H3,(H2,17,20)/t15-/m1/s1. The molecule has 1 aromatic carbocycles. The molecule has 110 valence electrons. The molecule has 0 radical (unpaired) electrons. The molecular formula is C16H25N3O. The van der Waals surface area contributed by atoms with Crippen LogP contribution in [0.3, 0.4) is 0 Å². The van der Waals surface area contributed by atoms with Crippen molar-refractivity contribution in [3.8, 4) is 0 Å². The summed E-state index contributed by atoms with van der Waals surface area (Å²) < 4.78 is 0. The first kappa shape index (κ1) is 15.0. The number of aryl methyl sites for hydroxylation is 1. The maximum absolute atomic E-state index is 11.5. The van der Waals surface area contributed by atoms with Crippen LogP contribution in [-0.4, -0.2) is 55.5 Å². The van der Waals surface area contributed by atoms with E-state index in [9.17, 15) is 4.79 Å². The second-order valence-electron chi connectivity index (χ2n) is 5.75. The highest BCUT2D eigenvalue weighted by atomic mass is 16.1. The van der Waals surface area contributed by atoms with Crippen molar-refractivity contribution >= 4 is 5.91 Å². The summed E-state index contributed by atoms with van der Waals surface area (Å²) in [6.07, 6.45) is 2.22. The van der Waals surface area contributed by atoms with Gasteiger partial charge in [-0.2, -0.15) is 0 Å². The number of nitrogens with zero attached hydrogens (tertiary/aromatic N) is 2. The number of nitrogens with two attached hydrogens (primary N) is 1. The van der Waals surface area contributed by atoms with Gasteiger partial charge in [0.2, 0.25) is 5.91 Å². The zero-order chi connectivity index (χ0) is 14.4. The molecule has 2 N–H and O–H groups in total. The van der Waals surface area contributed by atoms with Gasteiger partial charge in [0, 0.05) is 26.2 Å². The monoisotopic (exact) mass is 275 g/mol. The van der Waals surface area contributed by atoms with Gasteiger partial charge < -0.3 is 15.5 Å². The van der Waals surface area contributed by atoms with E-state index < -0.39 is 0 Å². The minimum atomic E-state index is -0.174. The van der Waals surface area contributed by atoms with E-state index in [1.165, 1.54) is 5.56 Å². The van der Waals surface area contributed by atoms with Gasteiger partial charge in [-0.25, -0.2) is 0 Å². The second-order valence-corrected chi connectivity index (χ2v) is 5.75. The van der Waals surface area contributed by atoms with Gasteiger partial charge in [0.05, 0.1) is 5.92 Å². The van der Waals surface area contributed by atoms with Crippen molar-refractivity contribution < 1.29 is 4.79 Å². The van der Waals surface area contributed by atoms with Gasteiger partial charge in [-0.3, -0.25) is 4.79 Å². The van der Waals surface area contributed by atoms with Gasteiger partial charge in [0.1, 0.15) is 0 Å². The van der Waals surface area contributed by atoms with Gasteiger partial charge in [0.15, 0.2) is 0 Å². The summed E-state index contributed by atoms with van der Waals surface area (Å²) in [6, 6.07) is 10.6. The number of benzene rings is 1. The minimum Gasteiger partial charge on any atom is -0.369 e. The largest absolute Gasteiger partial charge is 0.369 e. The van der Waals surface area contributed by atoms with Crippen LogP contribution in [0.25, 0.3) is 0 Å². The van der Waals surface area contributed by atoms with Crippen molar-refractivity contribution in [1.29, 1.82) is 0 Å². The normalized spacial score (nSPS) is 21.6. The Bertz CT molecular complexity index is 421. The zero-order valence-corrected chi connectivity index (χ0v) is 12.3. The summed E-state index contributed by atoms with van der Waals surface area (Å²) in [5.41, 5.74) is 6.87. The maximum atomic E-state index is 11.5. The van der Waals surface area contributed by atoms with Crippen LogP contribution < -0.4 is 5.73 Å². The Morgan fingerprint density at radius 3 is 2.70 bits per heavy atom. The smallest absolute Gasteiger partial charge is 0.223 e. The fraction of sp³-hybridized carbons (Fsp3) is 0.562. The third-order valence-electron chi connectivity index (χ3n) is 3.99. The van der Waals surface area contributed by atoms with Crippen LogP contribution in [0, 0.1) is 5.92 Å². The predicted molar refractivity (Wildman–Crippen MR) is 81.4 cm³/mol. The molecule has 1 aliphatic rings. The molecule has 0 saturated carbocycles. The Hall–Kier alpha value is -1.39. The van der Waals surface area contributed by atoms with E-state index in [1.807, 2.05) is 6.07 Å². The molecular weight excluding hydrogens is 250 g/mol. The van der Waals surface area contributed by atoms with Gasteiger partial charge in [-0.1, -0.05) is 30.3 Å². The SMILES string of the molecule is CN1CCN(CCCc2ccccc2)C[C@H](C(N)=O)C1. The molecule has 1 atom stereocenters. The molecule has 1 amide bonds. The number of primary amides is 1. The van der Waals surface area contributed by atoms with Gasteiger partial charge in [-0.15, -0.1) is 0 Å². The molecule has 0 unspecified atom stereocenters. The lowest BCUT2D eigenvalue weighted by Crippen LogP contribution is -2.38. The molecule has 0 aliphatic carbocycles. The summed E-state index contributed by atoms with van der Waals surface area (Å²) in [5.74, 6) is -0.217. The molecule has 1 fully saturated rings. The summed E-state index contributed by atoms with van der Waals surface area (Å²) in [4.78, 5) is 16.0. The Morgan fingerprint density at radius 2 is 2.00 bits per heavy atom. The summed E-state index contributed by atoms with van der Waals surface area (Å²) in [6.45, 7) is 4.65. The number of hydrogen-bond donors (Lipinski definition) is 1. The van der Waals surface area contributed by atoms with Crippen molar-refractivity contribution in [2.24, 2.45) is 11.7 Å². The molecule has 0 spiro atoms. The van der Waals surface area contributed by atoms with E-state index in [0.717, 1.165) is 45.6 Å². The second kappa shape index (κ2) is 7.41. The highest BCUT2D eigenvalue weighted by Crippen LogP contribution is 2.10. The zero-order valence-electron chi connectivity index (χ0n) is 12.3. The molecule has 1 aromatic rings. The lowest BCUT2D eigenvalue weighted by atomic mass is 10.1. The molecule has 0 aromatic heterocycles. The van der Waals surface area contributed by atoms with Crippen molar-refractivity contribution in [2.45, 2.75) is 12.8 Å². The van der Waals surface area contributed by atoms with Crippen LogP contribution in [0.5, 0.6) is 0 Å². The number of rotatable bonds is 5. The van der Waals surface area contributed by atoms with Crippen molar-refractivity contribution in [3.63, 3.8) is 0 Å². The van der Waals surface area contributed by atoms with E-state index in [0.29, 0.717) is 0 Å². The Labute approximate surface area is 121 Å². The highest BCUT2D eigenvalue weighted by Gasteiger charge is 2.24. The molecule has 4 heteroatoms. The van der Waals surface area contributed by atoms with Crippen LogP contribution in [0.15, 0.2) is 30.3 Å². The van der Waals surface area contributed by atoms with Crippen LogP contribution in [0.1, 0.15) is 12.0 Å². The highest BCUT2D eigenvalue weighted by molar-refractivity contribution is 5.77. The number of likely N-dealkylation sites (N-methyl/N-ethyl adjacent to an activating group) is 1. The average Bonchev–Trinajstić information content (AvgIpc) is 2.62. The Kier molecular flexibility index (Phi) is 5.56. The fourth-order valence-electron chi connectivity index (χ4n) is 2.77. The predicted octanol–water partition coefficient (Wildman–Crippen LogP) is 0.968. The van der Waals surface area contributed by atoms with E-state index in [2.05, 4.69) is 41.1 Å². The van der Waals surface area contributed by atoms with Crippen LogP contribution in [0.2, 0.25) is 0 Å². The quantitative estimate of drug-likeness (QED) is 0.871. The minimum absolute atomic E-state index is 0.0424. The van der Waals surface area contributed by atoms with Gasteiger partial charge in [0.25, 0.3) is 0 Å². The summed E-state index contributed by atoms with van der Waals surface area (Å²) in [7, 11) is 2.06. The molecule has 2 rings (SSSR count). The fourth-order valence-corrected chi connectivity index (χ4v) is 2.77. The summed E-state index contributed by atoms with van der Waals surface area (Å²) >= 11 is 0. The van der Waals surface area contributed by atoms with Crippen molar-refractivity contribution in [2.75, 3.05) is 39.8 Å². The van der Waals surface area contributed by atoms with Gasteiger partial charge in [-0.05, 0) is 32.0 Å². The van der Waals surface area contributed by atoms with E-state index in [-0.39, 0.29) is 11.8 Å². The first-order chi connectivity index (χ1) is 9.65. The lowest BCUT2D eigenvalue weighted by Gasteiger charge is -2.22. The molecule has 1 aliphatic heterocycles. The van der Waals surface area contributed by atoms with E-state index >= 15 is 0 Å². The maximum Gasteiger partial charge on any atom is 0.223 e. The Morgan fingerprint density at radius 1 is 1.25 bits per heavy atom. The Balaban J connectivity index is 1.80. The topological polar surface area (TPSA) is 49.6 Å². The van der Waals surface area contributed by atoms with Crippen LogP contribution in [0.4, 0.5) is 0 Å². The lowest BCUT2D eigenvalue weighted by molar-refractivity contribution is -0.122. The molecule has 0 bridgehead atoms. The summed E-state index contributed by atoms with van der Waals surface area (Å²) in [5, 5.41) is 0. The number of hydrogen-bond acceptors (Lipinski definition) is 3. The third-order valence-corrected chi connectivity index (χ3v) is 3.99. The van der Waals surface area contributed by atoms with Gasteiger partial charge >= 0.3 is 0 Å². The first-order valence-corrected chi connectivity index (χ1v) is 7.39. The number of carbonyl (C=O) groups excluding carboxylic acids is 1. The van der Waals surface area contributed by atoms with Crippen molar-refractivity contribution in [3.05, 3.63) is 35.9 Å². The number of amides is 1. The van der Waals surface area contributed by atoms with E-state index in [4.69, 9.17) is 5.73 Å². The average molecular weight is 275 g/mol. The first-order valence-electron chi connectivity index (χ1n) is 7.39. The molecule has 4 nitrogen and oxygen atoms in total. The van der Waals surface area contributed by atoms with E-state index in [1.54, 1.807) is 0 Å². The van der Waals surface area contributed by atoms with Crippen molar-refractivity contribution in [1.82, 2.24) is 9.80 Å². The third kappa shape index (κ3) is 4.62. The number of carbonyl (C=O) groups is 1. The van der Waals surface area contributed by atoms with Crippen LogP contribution >= 0.6 is 0 Å². The molecule has 20 heavy (non-hydrogen) atoms. The van der Waals surface area contributed by atoms with Crippen LogP contribution in [-0.2, 0) is 11.2 Å². The molecule has 1 saturated heterocycles.